The zero-order valence-electron chi connectivity index (χ0n) is 11.8. The summed E-state index contributed by atoms with van der Waals surface area (Å²) in [6.45, 7) is 6.39. The molecule has 1 aromatic heterocycles. The smallest absolute Gasteiger partial charge is 0.248 e. The highest BCUT2D eigenvalue weighted by Gasteiger charge is 2.17. The number of rotatable bonds is 4. The molecular weight excluding hydrogens is 274 g/mol. The molecule has 5 heteroatoms. The Kier molecular flexibility index (Phi) is 4.14. The van der Waals surface area contributed by atoms with Crippen molar-refractivity contribution in [3.63, 3.8) is 0 Å². The molecule has 1 heterocycles. The van der Waals surface area contributed by atoms with E-state index in [4.69, 9.17) is 17.3 Å². The number of imidazole rings is 1. The number of hydrogen-bond donors (Lipinski definition) is 2. The minimum Gasteiger partial charge on any atom is -0.366 e. The largest absolute Gasteiger partial charge is 0.366 e. The summed E-state index contributed by atoms with van der Waals surface area (Å²) in [5.74, 6) is 1.20. The third-order valence-electron chi connectivity index (χ3n) is 3.55. The summed E-state index contributed by atoms with van der Waals surface area (Å²) in [6, 6.07) is 6.94. The van der Waals surface area contributed by atoms with Gasteiger partial charge in [-0.1, -0.05) is 44.5 Å². The van der Waals surface area contributed by atoms with E-state index in [0.29, 0.717) is 28.2 Å². The van der Waals surface area contributed by atoms with E-state index in [-0.39, 0.29) is 0 Å². The topological polar surface area (TPSA) is 71.8 Å². The Morgan fingerprint density at radius 1 is 1.25 bits per heavy atom. The van der Waals surface area contributed by atoms with Gasteiger partial charge in [0.05, 0.1) is 0 Å². The Hall–Kier alpha value is -1.81. The number of amides is 1. The minimum absolute atomic E-state index is 0.297. The molecule has 0 aliphatic carbocycles. The monoisotopic (exact) mass is 291 g/mol. The predicted octanol–water partition coefficient (Wildman–Crippen LogP) is 3.59. The van der Waals surface area contributed by atoms with Gasteiger partial charge in [0.15, 0.2) is 0 Å². The maximum Gasteiger partial charge on any atom is 0.248 e. The van der Waals surface area contributed by atoms with Crippen molar-refractivity contribution >= 4 is 17.5 Å². The maximum absolute atomic E-state index is 11.1. The lowest BCUT2D eigenvalue weighted by Gasteiger charge is -2.11. The van der Waals surface area contributed by atoms with E-state index < -0.39 is 5.91 Å². The van der Waals surface area contributed by atoms with Crippen molar-refractivity contribution < 1.29 is 4.79 Å². The van der Waals surface area contributed by atoms with Crippen molar-refractivity contribution in [3.8, 4) is 11.3 Å². The minimum atomic E-state index is -0.446. The van der Waals surface area contributed by atoms with Crippen LogP contribution in [-0.2, 0) is 0 Å². The number of aromatic amines is 1. The van der Waals surface area contributed by atoms with Gasteiger partial charge in [0, 0.05) is 17.0 Å². The number of primary amides is 1. The molecule has 1 atom stereocenters. The first-order valence-corrected chi connectivity index (χ1v) is 6.93. The number of benzene rings is 1. The molecule has 0 saturated carbocycles. The van der Waals surface area contributed by atoms with Crippen LogP contribution in [0.5, 0.6) is 0 Å². The molecule has 0 bridgehead atoms. The second-order valence-electron chi connectivity index (χ2n) is 5.26. The number of nitrogens with one attached hydrogen (secondary N) is 1. The van der Waals surface area contributed by atoms with Gasteiger partial charge in [-0.2, -0.15) is 0 Å². The summed E-state index contributed by atoms with van der Waals surface area (Å²) in [7, 11) is 0. The fourth-order valence-corrected chi connectivity index (χ4v) is 2.13. The van der Waals surface area contributed by atoms with Crippen molar-refractivity contribution in [2.75, 3.05) is 0 Å². The molecule has 0 saturated heterocycles. The third kappa shape index (κ3) is 2.85. The second-order valence-corrected chi connectivity index (χ2v) is 5.64. The van der Waals surface area contributed by atoms with Gasteiger partial charge in [0.25, 0.3) is 0 Å². The average Bonchev–Trinajstić information content (AvgIpc) is 2.79. The van der Waals surface area contributed by atoms with Gasteiger partial charge in [-0.25, -0.2) is 4.98 Å². The highest BCUT2D eigenvalue weighted by Crippen LogP contribution is 2.30. The Bertz CT molecular complexity index is 617. The van der Waals surface area contributed by atoms with Gasteiger partial charge < -0.3 is 10.7 Å². The van der Waals surface area contributed by atoms with Gasteiger partial charge >= 0.3 is 0 Å². The van der Waals surface area contributed by atoms with E-state index in [1.165, 1.54) is 0 Å². The third-order valence-corrected chi connectivity index (χ3v) is 3.83. The zero-order valence-corrected chi connectivity index (χ0v) is 12.5. The first-order chi connectivity index (χ1) is 9.40. The molecule has 1 unspecified atom stereocenters. The van der Waals surface area contributed by atoms with Crippen molar-refractivity contribution in [3.05, 3.63) is 40.8 Å². The van der Waals surface area contributed by atoms with Crippen LogP contribution in [0.3, 0.4) is 0 Å². The number of hydrogen-bond acceptors (Lipinski definition) is 2. The fourth-order valence-electron chi connectivity index (χ4n) is 1.88. The summed E-state index contributed by atoms with van der Waals surface area (Å²) in [6.07, 6.45) is 0. The van der Waals surface area contributed by atoms with Crippen LogP contribution in [0.2, 0.25) is 5.15 Å². The van der Waals surface area contributed by atoms with E-state index in [1.54, 1.807) is 24.3 Å². The van der Waals surface area contributed by atoms with Crippen LogP contribution in [0.15, 0.2) is 24.3 Å². The van der Waals surface area contributed by atoms with Crippen LogP contribution in [-0.4, -0.2) is 15.9 Å². The van der Waals surface area contributed by atoms with Crippen molar-refractivity contribution in [1.29, 1.82) is 0 Å². The summed E-state index contributed by atoms with van der Waals surface area (Å²) in [5.41, 5.74) is 7.25. The van der Waals surface area contributed by atoms with Crippen molar-refractivity contribution in [2.45, 2.75) is 26.7 Å². The van der Waals surface area contributed by atoms with Crippen molar-refractivity contribution in [1.82, 2.24) is 9.97 Å². The Balaban J connectivity index is 2.35. The zero-order chi connectivity index (χ0) is 14.9. The molecule has 20 heavy (non-hydrogen) atoms. The number of halogens is 1. The molecule has 0 aliphatic rings. The first kappa shape index (κ1) is 14.6. The molecule has 3 N–H and O–H groups in total. The molecule has 2 rings (SSSR count). The molecule has 0 spiro atoms. The van der Waals surface area contributed by atoms with Gasteiger partial charge in [-0.15, -0.1) is 0 Å². The first-order valence-electron chi connectivity index (χ1n) is 6.55. The highest BCUT2D eigenvalue weighted by atomic mass is 35.5. The number of nitrogens with two attached hydrogens (primary N) is 1. The van der Waals surface area contributed by atoms with Crippen LogP contribution in [0.25, 0.3) is 11.3 Å². The standard InChI is InChI=1S/C15H18ClN3O/c1-8(2)9(3)15-18-12(13(16)19-15)10-4-6-11(7-5-10)14(17)20/h4-9H,1-3H3,(H2,17,20)(H,18,19). The Morgan fingerprint density at radius 2 is 1.85 bits per heavy atom. The van der Waals surface area contributed by atoms with Gasteiger partial charge in [0.2, 0.25) is 5.91 Å². The van der Waals surface area contributed by atoms with Crippen molar-refractivity contribution in [2.24, 2.45) is 11.7 Å². The summed E-state index contributed by atoms with van der Waals surface area (Å²) >= 11 is 6.22. The van der Waals surface area contributed by atoms with Gasteiger partial charge in [-0.05, 0) is 18.1 Å². The lowest BCUT2D eigenvalue weighted by Crippen LogP contribution is -2.10. The number of nitrogens with zero attached hydrogens (tertiary/aromatic N) is 1. The molecular formula is C15H18ClN3O. The van der Waals surface area contributed by atoms with E-state index in [9.17, 15) is 4.79 Å². The second kappa shape index (κ2) is 5.67. The van der Waals surface area contributed by atoms with E-state index in [1.807, 2.05) is 0 Å². The SMILES string of the molecule is CC(C)C(C)c1nc(-c2ccc(C(N)=O)cc2)c(Cl)[nH]1. The predicted molar refractivity (Wildman–Crippen MR) is 80.8 cm³/mol. The van der Waals surface area contributed by atoms with E-state index in [2.05, 4.69) is 30.7 Å². The Labute approximate surface area is 123 Å². The van der Waals surface area contributed by atoms with Gasteiger partial charge in [0.1, 0.15) is 16.7 Å². The quantitative estimate of drug-likeness (QED) is 0.903. The average molecular weight is 292 g/mol. The normalized spacial score (nSPS) is 12.7. The number of H-pyrrole nitrogens is 1. The van der Waals surface area contributed by atoms with Crippen LogP contribution in [0.4, 0.5) is 0 Å². The molecule has 1 aromatic carbocycles. The lowest BCUT2D eigenvalue weighted by molar-refractivity contribution is 0.100. The molecule has 0 radical (unpaired) electrons. The maximum atomic E-state index is 11.1. The lowest BCUT2D eigenvalue weighted by atomic mass is 9.98. The van der Waals surface area contributed by atoms with E-state index in [0.717, 1.165) is 11.4 Å². The number of aromatic nitrogens is 2. The molecule has 0 fully saturated rings. The number of carbonyl (C=O) groups excluding carboxylic acids is 1. The molecule has 2 aromatic rings. The van der Waals surface area contributed by atoms with Gasteiger partial charge in [-0.3, -0.25) is 4.79 Å². The summed E-state index contributed by atoms with van der Waals surface area (Å²) in [5, 5.41) is 0.513. The number of carbonyl (C=O) groups is 1. The van der Waals surface area contributed by atoms with E-state index >= 15 is 0 Å². The molecule has 1 amide bonds. The van der Waals surface area contributed by atoms with Crippen LogP contribution >= 0.6 is 11.6 Å². The Morgan fingerprint density at radius 3 is 2.35 bits per heavy atom. The van der Waals surface area contributed by atoms with Crippen LogP contribution < -0.4 is 5.73 Å². The summed E-state index contributed by atoms with van der Waals surface area (Å²) < 4.78 is 0. The molecule has 0 aliphatic heterocycles. The molecule has 4 nitrogen and oxygen atoms in total. The van der Waals surface area contributed by atoms with Crippen LogP contribution in [0, 0.1) is 5.92 Å². The highest BCUT2D eigenvalue weighted by molar-refractivity contribution is 6.31. The molecule has 106 valence electrons. The fraction of sp³-hybridized carbons (Fsp3) is 0.333. The summed E-state index contributed by atoms with van der Waals surface area (Å²) in [4.78, 5) is 18.8. The van der Waals surface area contributed by atoms with Crippen LogP contribution in [0.1, 0.15) is 42.9 Å².